The van der Waals surface area contributed by atoms with Gasteiger partial charge in [-0.25, -0.2) is 4.39 Å². The molecule has 2 aromatic carbocycles. The molecule has 0 radical (unpaired) electrons. The average molecular weight is 341 g/mol. The van der Waals surface area contributed by atoms with Crippen LogP contribution in [-0.2, 0) is 4.79 Å². The highest BCUT2D eigenvalue weighted by Crippen LogP contribution is 2.33. The summed E-state index contributed by atoms with van der Waals surface area (Å²) in [6.45, 7) is 3.08. The summed E-state index contributed by atoms with van der Waals surface area (Å²) in [4.78, 5) is 12.2. The van der Waals surface area contributed by atoms with Crippen LogP contribution in [-0.4, -0.2) is 19.1 Å². The minimum Gasteiger partial charge on any atom is -0.486 e. The van der Waals surface area contributed by atoms with Crippen LogP contribution in [0.1, 0.15) is 30.5 Å². The Morgan fingerprint density at radius 2 is 1.88 bits per heavy atom. The second-order valence-corrected chi connectivity index (χ2v) is 5.76. The van der Waals surface area contributed by atoms with Gasteiger partial charge in [0.25, 0.3) is 0 Å². The molecule has 0 saturated carbocycles. The Balaban J connectivity index is 1.67. The third kappa shape index (κ3) is 4.38. The van der Waals surface area contributed by atoms with Crippen molar-refractivity contribution in [2.24, 2.45) is 0 Å². The Morgan fingerprint density at radius 3 is 2.60 bits per heavy atom. The van der Waals surface area contributed by atoms with Gasteiger partial charge in [0.15, 0.2) is 11.5 Å². The summed E-state index contributed by atoms with van der Waals surface area (Å²) in [6, 6.07) is 11.6. The van der Waals surface area contributed by atoms with Crippen LogP contribution in [0.4, 0.5) is 4.39 Å². The van der Waals surface area contributed by atoms with Crippen molar-refractivity contribution in [3.63, 3.8) is 0 Å². The number of rotatable bonds is 5. The smallest absolute Gasteiger partial charge is 0.244 e. The number of halogens is 1. The van der Waals surface area contributed by atoms with Gasteiger partial charge < -0.3 is 14.8 Å². The maximum absolute atomic E-state index is 12.9. The number of nitrogens with one attached hydrogen (secondary N) is 1. The Morgan fingerprint density at radius 1 is 1.16 bits per heavy atom. The lowest BCUT2D eigenvalue weighted by Crippen LogP contribution is -2.26. The summed E-state index contributed by atoms with van der Waals surface area (Å²) in [5.74, 6) is 0.933. The zero-order chi connectivity index (χ0) is 17.6. The van der Waals surface area contributed by atoms with Crippen LogP contribution in [0.25, 0.3) is 6.08 Å². The molecule has 0 bridgehead atoms. The van der Waals surface area contributed by atoms with Gasteiger partial charge in [0.05, 0.1) is 6.04 Å². The zero-order valence-corrected chi connectivity index (χ0v) is 14.0. The number of fused-ring (bicyclic) bond motifs is 1. The van der Waals surface area contributed by atoms with Gasteiger partial charge in [0.1, 0.15) is 19.0 Å². The molecule has 0 aromatic heterocycles. The lowest BCUT2D eigenvalue weighted by molar-refractivity contribution is -0.117. The molecule has 2 aromatic rings. The van der Waals surface area contributed by atoms with Crippen molar-refractivity contribution in [1.82, 2.24) is 5.32 Å². The molecule has 1 aliphatic rings. The Hall–Kier alpha value is -2.82. The number of carbonyl (C=O) groups excluding carboxylic acids is 1. The fraction of sp³-hybridized carbons (Fsp3) is 0.250. The predicted molar refractivity (Wildman–Crippen MR) is 94.0 cm³/mol. The van der Waals surface area contributed by atoms with E-state index in [1.54, 1.807) is 18.2 Å². The molecule has 1 atom stereocenters. The monoisotopic (exact) mass is 341 g/mol. The first kappa shape index (κ1) is 17.0. The Bertz CT molecular complexity index is 771. The molecule has 0 saturated heterocycles. The van der Waals surface area contributed by atoms with E-state index >= 15 is 0 Å². The van der Waals surface area contributed by atoms with Gasteiger partial charge in [0.2, 0.25) is 5.91 Å². The van der Waals surface area contributed by atoms with Crippen molar-refractivity contribution in [2.75, 3.05) is 13.2 Å². The van der Waals surface area contributed by atoms with E-state index in [2.05, 4.69) is 5.32 Å². The maximum atomic E-state index is 12.9. The summed E-state index contributed by atoms with van der Waals surface area (Å²) < 4.78 is 24.0. The first-order valence-electron chi connectivity index (χ1n) is 8.29. The molecule has 0 spiro atoms. The van der Waals surface area contributed by atoms with Crippen LogP contribution >= 0.6 is 0 Å². The molecule has 1 unspecified atom stereocenters. The molecule has 1 N–H and O–H groups in total. The van der Waals surface area contributed by atoms with Gasteiger partial charge in [-0.2, -0.15) is 0 Å². The molecule has 1 aliphatic heterocycles. The fourth-order valence-electron chi connectivity index (χ4n) is 2.66. The standard InChI is InChI=1S/C20H20FNO3/c1-2-17(15-6-9-18-19(13-15)25-12-11-24-18)22-20(23)10-5-14-3-7-16(21)8-4-14/h3-10,13,17H,2,11-12H2,1H3,(H,22,23)/b10-5+. The quantitative estimate of drug-likeness (QED) is 0.840. The van der Waals surface area contributed by atoms with Crippen LogP contribution in [0.2, 0.25) is 0 Å². The molecule has 0 aliphatic carbocycles. The van der Waals surface area contributed by atoms with Crippen LogP contribution < -0.4 is 14.8 Å². The number of hydrogen-bond donors (Lipinski definition) is 1. The molecule has 0 fully saturated rings. The van der Waals surface area contributed by atoms with Crippen molar-refractivity contribution in [2.45, 2.75) is 19.4 Å². The third-order valence-corrected chi connectivity index (χ3v) is 3.99. The van der Waals surface area contributed by atoms with Crippen LogP contribution in [0.5, 0.6) is 11.5 Å². The number of hydrogen-bond acceptors (Lipinski definition) is 3. The second kappa shape index (κ2) is 7.83. The summed E-state index contributed by atoms with van der Waals surface area (Å²) in [5, 5.41) is 2.98. The summed E-state index contributed by atoms with van der Waals surface area (Å²) in [5.41, 5.74) is 1.74. The summed E-state index contributed by atoms with van der Waals surface area (Å²) in [6.07, 6.45) is 3.86. The second-order valence-electron chi connectivity index (χ2n) is 5.76. The number of ether oxygens (including phenoxy) is 2. The minimum atomic E-state index is -0.300. The molecule has 1 amide bonds. The van der Waals surface area contributed by atoms with Gasteiger partial charge in [-0.05, 0) is 47.9 Å². The Kier molecular flexibility index (Phi) is 5.33. The van der Waals surface area contributed by atoms with E-state index in [0.717, 1.165) is 23.3 Å². The molecule has 3 rings (SSSR count). The number of benzene rings is 2. The Labute approximate surface area is 146 Å². The first-order valence-corrected chi connectivity index (χ1v) is 8.29. The number of amides is 1. The lowest BCUT2D eigenvalue weighted by atomic mass is 10.0. The molecule has 4 nitrogen and oxygen atoms in total. The lowest BCUT2D eigenvalue weighted by Gasteiger charge is -2.22. The first-order chi connectivity index (χ1) is 12.2. The SMILES string of the molecule is CCC(NC(=O)/C=C/c1ccc(F)cc1)c1ccc2c(c1)OCCO2. The highest BCUT2D eigenvalue weighted by Gasteiger charge is 2.16. The van der Waals surface area contributed by atoms with Gasteiger partial charge in [-0.3, -0.25) is 4.79 Å². The van der Waals surface area contributed by atoms with E-state index in [1.165, 1.54) is 18.2 Å². The van der Waals surface area contributed by atoms with E-state index < -0.39 is 0 Å². The summed E-state index contributed by atoms with van der Waals surface area (Å²) in [7, 11) is 0. The molecule has 130 valence electrons. The highest BCUT2D eigenvalue weighted by molar-refractivity contribution is 5.92. The number of carbonyl (C=O) groups is 1. The topological polar surface area (TPSA) is 47.6 Å². The van der Waals surface area contributed by atoms with Crippen molar-refractivity contribution in [3.8, 4) is 11.5 Å². The van der Waals surface area contributed by atoms with E-state index in [-0.39, 0.29) is 17.8 Å². The average Bonchev–Trinajstić information content (AvgIpc) is 2.65. The van der Waals surface area contributed by atoms with Crippen molar-refractivity contribution >= 4 is 12.0 Å². The van der Waals surface area contributed by atoms with Gasteiger partial charge in [-0.15, -0.1) is 0 Å². The van der Waals surface area contributed by atoms with Crippen molar-refractivity contribution < 1.29 is 18.7 Å². The van der Waals surface area contributed by atoms with Gasteiger partial charge in [0, 0.05) is 6.08 Å². The normalized spacial score (nSPS) is 14.3. The van der Waals surface area contributed by atoms with E-state index in [1.807, 2.05) is 25.1 Å². The van der Waals surface area contributed by atoms with Crippen molar-refractivity contribution in [1.29, 1.82) is 0 Å². The van der Waals surface area contributed by atoms with Crippen LogP contribution in [0.15, 0.2) is 48.5 Å². The van der Waals surface area contributed by atoms with Gasteiger partial charge in [-0.1, -0.05) is 25.1 Å². The van der Waals surface area contributed by atoms with Crippen LogP contribution in [0.3, 0.4) is 0 Å². The van der Waals surface area contributed by atoms with E-state index in [4.69, 9.17) is 9.47 Å². The molecule has 1 heterocycles. The molecular formula is C20H20FNO3. The van der Waals surface area contributed by atoms with E-state index in [0.29, 0.717) is 19.0 Å². The minimum absolute atomic E-state index is 0.124. The maximum Gasteiger partial charge on any atom is 0.244 e. The molecule has 5 heteroatoms. The largest absolute Gasteiger partial charge is 0.486 e. The molecular weight excluding hydrogens is 321 g/mol. The third-order valence-electron chi connectivity index (χ3n) is 3.99. The van der Waals surface area contributed by atoms with E-state index in [9.17, 15) is 9.18 Å². The van der Waals surface area contributed by atoms with Crippen LogP contribution in [0, 0.1) is 5.82 Å². The van der Waals surface area contributed by atoms with Gasteiger partial charge >= 0.3 is 0 Å². The predicted octanol–water partition coefficient (Wildman–Crippen LogP) is 3.88. The van der Waals surface area contributed by atoms with Crippen molar-refractivity contribution in [3.05, 3.63) is 65.5 Å². The fourth-order valence-corrected chi connectivity index (χ4v) is 2.66. The highest BCUT2D eigenvalue weighted by atomic mass is 19.1. The molecule has 25 heavy (non-hydrogen) atoms. The zero-order valence-electron chi connectivity index (χ0n) is 14.0. The summed E-state index contributed by atoms with van der Waals surface area (Å²) >= 11 is 0.